The average molecular weight is 548 g/mol. The molecule has 2 aromatic carbocycles. The van der Waals surface area contributed by atoms with Crippen LogP contribution in [0, 0.1) is 0 Å². The first-order chi connectivity index (χ1) is 19.6. The Morgan fingerprint density at radius 1 is 1.00 bits per heavy atom. The van der Waals surface area contributed by atoms with Gasteiger partial charge in [-0.15, -0.1) is 11.3 Å². The zero-order chi connectivity index (χ0) is 27.1. The summed E-state index contributed by atoms with van der Waals surface area (Å²) in [4.78, 5) is 40.3. The molecular formula is C30H25N7O2S. The molecule has 0 saturated heterocycles. The summed E-state index contributed by atoms with van der Waals surface area (Å²) in [5.41, 5.74) is 4.31. The fourth-order valence-corrected chi connectivity index (χ4v) is 5.92. The highest BCUT2D eigenvalue weighted by molar-refractivity contribution is 7.12. The van der Waals surface area contributed by atoms with Gasteiger partial charge in [0.2, 0.25) is 0 Å². The minimum atomic E-state index is -0.195. The highest BCUT2D eigenvalue weighted by Crippen LogP contribution is 2.26. The van der Waals surface area contributed by atoms with E-state index in [1.165, 1.54) is 11.3 Å². The summed E-state index contributed by atoms with van der Waals surface area (Å²) in [5.74, 6) is 0.882. The van der Waals surface area contributed by atoms with Crippen LogP contribution in [0.15, 0.2) is 95.6 Å². The van der Waals surface area contributed by atoms with Crippen molar-refractivity contribution < 1.29 is 4.79 Å². The number of nitrogens with one attached hydrogen (secondary N) is 1. The van der Waals surface area contributed by atoms with Crippen LogP contribution in [0.1, 0.15) is 28.2 Å². The van der Waals surface area contributed by atoms with Crippen LogP contribution in [0.4, 0.5) is 0 Å². The Hall–Kier alpha value is -4.83. The molecule has 5 heterocycles. The summed E-state index contributed by atoms with van der Waals surface area (Å²) in [6.07, 6.45) is 8.79. The molecule has 40 heavy (non-hydrogen) atoms. The maximum atomic E-state index is 13.6. The molecule has 0 saturated carbocycles. The van der Waals surface area contributed by atoms with E-state index < -0.39 is 0 Å². The number of carbonyl (C=O) groups excluding carboxylic acids is 1. The van der Waals surface area contributed by atoms with Crippen molar-refractivity contribution in [2.75, 3.05) is 0 Å². The Morgan fingerprint density at radius 2 is 1.90 bits per heavy atom. The monoisotopic (exact) mass is 547 g/mol. The largest absolute Gasteiger partial charge is 0.349 e. The number of hydrogen-bond donors (Lipinski definition) is 1. The zero-order valence-corrected chi connectivity index (χ0v) is 22.3. The molecule has 4 aromatic heterocycles. The van der Waals surface area contributed by atoms with E-state index in [-0.39, 0.29) is 17.6 Å². The Morgan fingerprint density at radius 3 is 2.75 bits per heavy atom. The van der Waals surface area contributed by atoms with Crippen molar-refractivity contribution >= 4 is 28.4 Å². The van der Waals surface area contributed by atoms with E-state index in [0.717, 1.165) is 35.5 Å². The predicted molar refractivity (Wildman–Crippen MR) is 154 cm³/mol. The summed E-state index contributed by atoms with van der Waals surface area (Å²) in [6.45, 7) is 1.25. The third kappa shape index (κ3) is 4.42. The van der Waals surface area contributed by atoms with E-state index in [2.05, 4.69) is 19.9 Å². The van der Waals surface area contributed by atoms with Gasteiger partial charge < -0.3 is 9.88 Å². The molecular weight excluding hydrogens is 522 g/mol. The van der Waals surface area contributed by atoms with Gasteiger partial charge in [-0.1, -0.05) is 42.5 Å². The number of benzene rings is 2. The number of fused-ring (bicyclic) bond motifs is 2. The summed E-state index contributed by atoms with van der Waals surface area (Å²) in [7, 11) is 0. The van der Waals surface area contributed by atoms with Crippen molar-refractivity contribution in [2.24, 2.45) is 0 Å². The fourth-order valence-electron chi connectivity index (χ4n) is 5.29. The van der Waals surface area contributed by atoms with Crippen LogP contribution in [0.25, 0.3) is 27.4 Å². The number of aromatic nitrogens is 6. The van der Waals surface area contributed by atoms with Crippen LogP contribution in [0.3, 0.4) is 0 Å². The maximum Gasteiger partial charge on any atom is 0.337 e. The maximum absolute atomic E-state index is 13.6. The molecule has 1 aliphatic rings. The number of carbonyl (C=O) groups is 1. The molecule has 6 aromatic rings. The molecule has 1 atom stereocenters. The highest BCUT2D eigenvalue weighted by Gasteiger charge is 2.22. The predicted octanol–water partition coefficient (Wildman–Crippen LogP) is 4.30. The normalized spacial score (nSPS) is 14.8. The first-order valence-electron chi connectivity index (χ1n) is 13.1. The quantitative estimate of drug-likeness (QED) is 0.335. The molecule has 1 N–H and O–H groups in total. The number of pyridine rings is 1. The van der Waals surface area contributed by atoms with Crippen LogP contribution in [0.5, 0.6) is 0 Å². The molecule has 1 amide bonds. The van der Waals surface area contributed by atoms with Gasteiger partial charge in [-0.3, -0.25) is 9.36 Å². The lowest BCUT2D eigenvalue weighted by Gasteiger charge is -2.24. The third-order valence-electron chi connectivity index (χ3n) is 7.31. The Labute approximate surface area is 233 Å². The van der Waals surface area contributed by atoms with Crippen molar-refractivity contribution in [2.45, 2.75) is 32.0 Å². The van der Waals surface area contributed by atoms with E-state index in [4.69, 9.17) is 4.98 Å². The fraction of sp³-hybridized carbons (Fsp3) is 0.167. The molecule has 0 aliphatic carbocycles. The van der Waals surface area contributed by atoms with E-state index in [1.54, 1.807) is 27.7 Å². The number of thiazole rings is 1. The van der Waals surface area contributed by atoms with Crippen LogP contribution >= 0.6 is 11.3 Å². The topological polar surface area (TPSA) is 99.6 Å². The standard InChI is InChI=1S/C30H25N7O2S/c38-28(34-24-9-12-35-13-10-31-26(35)17-24)22-8-4-7-21(15-22)23-16-25-27(33-18-23)37(29-32-11-14-40-29)30(39)36(25)19-20-5-2-1-3-6-20/h1-8,10-11,13-16,18,24H,9,12,17,19H2,(H,34,38). The van der Waals surface area contributed by atoms with Crippen molar-refractivity contribution in [3.8, 4) is 16.3 Å². The summed E-state index contributed by atoms with van der Waals surface area (Å²) >= 11 is 1.39. The molecule has 1 aliphatic heterocycles. The van der Waals surface area contributed by atoms with E-state index in [1.807, 2.05) is 72.2 Å². The SMILES string of the molecule is O=C(NC1CCn2ccnc2C1)c1cccc(-c2cnc3c(c2)n(Cc2ccccc2)c(=O)n3-c2nccs2)c1. The van der Waals surface area contributed by atoms with Crippen LogP contribution in [-0.2, 0) is 19.5 Å². The van der Waals surface area contributed by atoms with E-state index in [0.29, 0.717) is 34.8 Å². The second-order valence-corrected chi connectivity index (χ2v) is 10.7. The zero-order valence-electron chi connectivity index (χ0n) is 21.5. The molecule has 0 spiro atoms. The number of imidazole rings is 2. The molecule has 1 unspecified atom stereocenters. The molecule has 10 heteroatoms. The lowest BCUT2D eigenvalue weighted by Crippen LogP contribution is -2.40. The van der Waals surface area contributed by atoms with Gasteiger partial charge in [0.25, 0.3) is 5.91 Å². The van der Waals surface area contributed by atoms with Crippen LogP contribution in [-0.4, -0.2) is 40.6 Å². The van der Waals surface area contributed by atoms with Crippen LogP contribution in [0.2, 0.25) is 0 Å². The molecule has 0 bridgehead atoms. The number of rotatable bonds is 6. The highest BCUT2D eigenvalue weighted by atomic mass is 32.1. The van der Waals surface area contributed by atoms with E-state index >= 15 is 0 Å². The number of hydrogen-bond acceptors (Lipinski definition) is 6. The number of amides is 1. The van der Waals surface area contributed by atoms with E-state index in [9.17, 15) is 9.59 Å². The molecule has 0 fully saturated rings. The van der Waals surface area contributed by atoms with Gasteiger partial charge in [0.15, 0.2) is 10.8 Å². The second-order valence-electron chi connectivity index (χ2n) is 9.85. The Kier molecular flexibility index (Phi) is 6.09. The molecule has 9 nitrogen and oxygen atoms in total. The average Bonchev–Trinajstić information content (AvgIpc) is 3.74. The van der Waals surface area contributed by atoms with Gasteiger partial charge in [0.05, 0.1) is 12.1 Å². The van der Waals surface area contributed by atoms with Crippen molar-refractivity contribution in [3.63, 3.8) is 0 Å². The summed E-state index contributed by atoms with van der Waals surface area (Å²) < 4.78 is 5.42. The first kappa shape index (κ1) is 24.2. The molecule has 198 valence electrons. The minimum Gasteiger partial charge on any atom is -0.349 e. The van der Waals surface area contributed by atoms with Gasteiger partial charge in [-0.05, 0) is 35.7 Å². The van der Waals surface area contributed by atoms with Crippen molar-refractivity contribution in [1.29, 1.82) is 0 Å². The third-order valence-corrected chi connectivity index (χ3v) is 8.07. The number of aryl methyl sites for hydroxylation is 1. The molecule has 7 rings (SSSR count). The smallest absolute Gasteiger partial charge is 0.337 e. The van der Waals surface area contributed by atoms with Gasteiger partial charge >= 0.3 is 5.69 Å². The lowest BCUT2D eigenvalue weighted by molar-refractivity contribution is 0.0930. The molecule has 0 radical (unpaired) electrons. The Balaban J connectivity index is 1.23. The van der Waals surface area contributed by atoms with Gasteiger partial charge in [-0.2, -0.15) is 0 Å². The lowest BCUT2D eigenvalue weighted by atomic mass is 10.0. The second kappa shape index (κ2) is 10.0. The first-order valence-corrected chi connectivity index (χ1v) is 14.0. The van der Waals surface area contributed by atoms with Crippen molar-refractivity contribution in [3.05, 3.63) is 118 Å². The van der Waals surface area contributed by atoms with Gasteiger partial charge in [-0.25, -0.2) is 24.3 Å². The minimum absolute atomic E-state index is 0.0436. The van der Waals surface area contributed by atoms with Crippen molar-refractivity contribution in [1.82, 2.24) is 34.0 Å². The van der Waals surface area contributed by atoms with Gasteiger partial charge in [0.1, 0.15) is 5.82 Å². The Bertz CT molecular complexity index is 1890. The van der Waals surface area contributed by atoms with Crippen LogP contribution < -0.4 is 11.0 Å². The summed E-state index contributed by atoms with van der Waals surface area (Å²) in [5, 5.41) is 5.59. The summed E-state index contributed by atoms with van der Waals surface area (Å²) in [6, 6.07) is 19.4. The number of nitrogens with zero attached hydrogens (tertiary/aromatic N) is 6. The van der Waals surface area contributed by atoms with Gasteiger partial charge in [0, 0.05) is 60.3 Å².